The highest BCUT2D eigenvalue weighted by atomic mass is 35.5. The maximum atomic E-state index is 12.0. The first kappa shape index (κ1) is 21.4. The Morgan fingerprint density at radius 2 is 1.60 bits per heavy atom. The molecule has 0 spiro atoms. The molecule has 5 nitrogen and oxygen atoms in total. The van der Waals surface area contributed by atoms with Crippen LogP contribution < -0.4 is 5.32 Å². The molecule has 0 saturated heterocycles. The molecule has 0 aliphatic heterocycles. The molecular formula is C19H29ClN2O3. The van der Waals surface area contributed by atoms with E-state index in [1.165, 1.54) is 69.6 Å². The lowest BCUT2D eigenvalue weighted by Gasteiger charge is -2.06. The Kier molecular flexibility index (Phi) is 10.9. The topological polar surface area (TPSA) is 72.2 Å². The van der Waals surface area contributed by atoms with Gasteiger partial charge in [-0.05, 0) is 18.6 Å². The summed E-state index contributed by atoms with van der Waals surface area (Å²) in [5.74, 6) is -0.296. The molecule has 0 unspecified atom stereocenters. The maximum absolute atomic E-state index is 12.0. The highest BCUT2D eigenvalue weighted by molar-refractivity contribution is 6.32. The number of nitrogens with one attached hydrogen (secondary N) is 1. The van der Waals surface area contributed by atoms with Crippen LogP contribution in [-0.2, 0) is 0 Å². The summed E-state index contributed by atoms with van der Waals surface area (Å²) in [5, 5.41) is 13.7. The van der Waals surface area contributed by atoms with Crippen LogP contribution in [0.4, 0.5) is 5.69 Å². The predicted octanol–water partition coefficient (Wildman–Crippen LogP) is 5.90. The van der Waals surface area contributed by atoms with E-state index in [0.29, 0.717) is 6.54 Å². The van der Waals surface area contributed by atoms with Gasteiger partial charge in [-0.15, -0.1) is 0 Å². The minimum absolute atomic E-state index is 0.0382. The lowest BCUT2D eigenvalue weighted by Crippen LogP contribution is -2.24. The molecule has 1 aromatic carbocycles. The molecule has 0 atom stereocenters. The van der Waals surface area contributed by atoms with Gasteiger partial charge in [0.05, 0.1) is 4.92 Å². The van der Waals surface area contributed by atoms with Crippen molar-refractivity contribution in [2.24, 2.45) is 0 Å². The van der Waals surface area contributed by atoms with Gasteiger partial charge in [-0.1, -0.05) is 76.3 Å². The lowest BCUT2D eigenvalue weighted by molar-refractivity contribution is -0.384. The van der Waals surface area contributed by atoms with Crippen molar-refractivity contribution in [2.75, 3.05) is 6.54 Å². The molecule has 6 heteroatoms. The van der Waals surface area contributed by atoms with E-state index >= 15 is 0 Å². The van der Waals surface area contributed by atoms with Crippen LogP contribution in [0.15, 0.2) is 18.2 Å². The first-order chi connectivity index (χ1) is 12.1. The summed E-state index contributed by atoms with van der Waals surface area (Å²) >= 11 is 5.75. The van der Waals surface area contributed by atoms with Crippen LogP contribution in [0, 0.1) is 10.1 Å². The Balaban J connectivity index is 2.13. The molecule has 0 aliphatic rings. The summed E-state index contributed by atoms with van der Waals surface area (Å²) in [6.45, 7) is 2.82. The third-order valence-electron chi connectivity index (χ3n) is 4.22. The molecule has 1 rings (SSSR count). The highest BCUT2D eigenvalue weighted by Crippen LogP contribution is 2.25. The van der Waals surface area contributed by atoms with Gasteiger partial charge in [-0.2, -0.15) is 0 Å². The van der Waals surface area contributed by atoms with Crippen LogP contribution in [-0.4, -0.2) is 17.4 Å². The van der Waals surface area contributed by atoms with Crippen molar-refractivity contribution in [3.8, 4) is 0 Å². The Bertz CT molecular complexity index is 549. The van der Waals surface area contributed by atoms with Gasteiger partial charge in [0.2, 0.25) is 0 Å². The third-order valence-corrected chi connectivity index (χ3v) is 4.54. The predicted molar refractivity (Wildman–Crippen MR) is 102 cm³/mol. The Morgan fingerprint density at radius 1 is 1.04 bits per heavy atom. The zero-order chi connectivity index (χ0) is 18.5. The Hall–Kier alpha value is -1.62. The molecule has 0 fully saturated rings. The van der Waals surface area contributed by atoms with Gasteiger partial charge >= 0.3 is 0 Å². The summed E-state index contributed by atoms with van der Waals surface area (Å²) in [6, 6.07) is 4.11. The molecule has 1 N–H and O–H groups in total. The molecule has 1 aromatic rings. The third kappa shape index (κ3) is 8.87. The molecule has 0 aliphatic carbocycles. The van der Waals surface area contributed by atoms with E-state index in [0.717, 1.165) is 12.8 Å². The van der Waals surface area contributed by atoms with Crippen molar-refractivity contribution in [1.82, 2.24) is 5.32 Å². The largest absolute Gasteiger partial charge is 0.352 e. The monoisotopic (exact) mass is 368 g/mol. The molecule has 1 amide bonds. The normalized spacial score (nSPS) is 10.6. The zero-order valence-corrected chi connectivity index (χ0v) is 15.8. The summed E-state index contributed by atoms with van der Waals surface area (Å²) in [4.78, 5) is 22.3. The van der Waals surface area contributed by atoms with Crippen molar-refractivity contribution >= 4 is 23.2 Å². The van der Waals surface area contributed by atoms with Crippen LogP contribution in [0.2, 0.25) is 5.02 Å². The second kappa shape index (κ2) is 12.7. The minimum atomic E-state index is -0.582. The number of carbonyl (C=O) groups excluding carboxylic acids is 1. The van der Waals surface area contributed by atoms with E-state index in [-0.39, 0.29) is 22.2 Å². The average molecular weight is 369 g/mol. The summed E-state index contributed by atoms with van der Waals surface area (Å²) in [6.07, 6.45) is 12.4. The number of benzene rings is 1. The number of nitro benzene ring substituents is 1. The van der Waals surface area contributed by atoms with Gasteiger partial charge in [0, 0.05) is 18.2 Å². The first-order valence-corrected chi connectivity index (χ1v) is 9.66. The molecular weight excluding hydrogens is 340 g/mol. The van der Waals surface area contributed by atoms with Crippen molar-refractivity contribution < 1.29 is 9.72 Å². The fourth-order valence-corrected chi connectivity index (χ4v) is 2.90. The van der Waals surface area contributed by atoms with Crippen molar-refractivity contribution in [3.63, 3.8) is 0 Å². The number of hydrogen-bond acceptors (Lipinski definition) is 3. The summed E-state index contributed by atoms with van der Waals surface area (Å²) in [5.41, 5.74) is 0.0245. The molecule has 0 radical (unpaired) electrons. The zero-order valence-electron chi connectivity index (χ0n) is 15.1. The van der Waals surface area contributed by atoms with Crippen molar-refractivity contribution in [2.45, 2.75) is 71.1 Å². The van der Waals surface area contributed by atoms with E-state index in [9.17, 15) is 14.9 Å². The number of unbranched alkanes of at least 4 members (excludes halogenated alkanes) is 9. The second-order valence-corrected chi connectivity index (χ2v) is 6.77. The average Bonchev–Trinajstić information content (AvgIpc) is 2.59. The van der Waals surface area contributed by atoms with Gasteiger partial charge in [-0.25, -0.2) is 0 Å². The molecule has 0 bridgehead atoms. The van der Waals surface area contributed by atoms with Crippen LogP contribution in [0.1, 0.15) is 81.5 Å². The van der Waals surface area contributed by atoms with E-state index < -0.39 is 4.92 Å². The fraction of sp³-hybridized carbons (Fsp3) is 0.632. The number of rotatable bonds is 13. The van der Waals surface area contributed by atoms with Crippen molar-refractivity contribution in [1.29, 1.82) is 0 Å². The number of amides is 1. The number of nitro groups is 1. The standard InChI is InChI=1S/C19H29ClN2O3/c1-2-3-4-5-6-7-8-9-10-11-14-21-19(23)16-12-13-17(20)18(15-16)22(24)25/h12-13,15H,2-11,14H2,1H3,(H,21,23). The lowest BCUT2D eigenvalue weighted by atomic mass is 10.1. The molecule has 0 saturated carbocycles. The maximum Gasteiger partial charge on any atom is 0.288 e. The smallest absolute Gasteiger partial charge is 0.288 e. The Morgan fingerprint density at radius 3 is 2.16 bits per heavy atom. The van der Waals surface area contributed by atoms with Gasteiger partial charge < -0.3 is 5.32 Å². The SMILES string of the molecule is CCCCCCCCCCCCNC(=O)c1ccc(Cl)c([N+](=O)[O-])c1. The second-order valence-electron chi connectivity index (χ2n) is 6.36. The summed E-state index contributed by atoms with van der Waals surface area (Å²) in [7, 11) is 0. The Labute approximate surface area is 155 Å². The van der Waals surface area contributed by atoms with Crippen LogP contribution in [0.5, 0.6) is 0 Å². The fourth-order valence-electron chi connectivity index (χ4n) is 2.71. The number of hydrogen-bond donors (Lipinski definition) is 1. The van der Waals surface area contributed by atoms with E-state index in [2.05, 4.69) is 12.2 Å². The van der Waals surface area contributed by atoms with Crippen LogP contribution >= 0.6 is 11.6 Å². The van der Waals surface area contributed by atoms with E-state index in [4.69, 9.17) is 11.6 Å². The van der Waals surface area contributed by atoms with Gasteiger partial charge in [0.25, 0.3) is 11.6 Å². The van der Waals surface area contributed by atoms with Gasteiger partial charge in [0.1, 0.15) is 5.02 Å². The molecule has 140 valence electrons. The minimum Gasteiger partial charge on any atom is -0.352 e. The molecule has 0 heterocycles. The van der Waals surface area contributed by atoms with Crippen LogP contribution in [0.25, 0.3) is 0 Å². The number of carbonyl (C=O) groups is 1. The first-order valence-electron chi connectivity index (χ1n) is 9.28. The molecule has 25 heavy (non-hydrogen) atoms. The van der Waals surface area contributed by atoms with Gasteiger partial charge in [-0.3, -0.25) is 14.9 Å². The van der Waals surface area contributed by atoms with Crippen molar-refractivity contribution in [3.05, 3.63) is 38.9 Å². The van der Waals surface area contributed by atoms with E-state index in [1.54, 1.807) is 0 Å². The molecule has 0 aromatic heterocycles. The number of nitrogens with zero attached hydrogens (tertiary/aromatic N) is 1. The highest BCUT2D eigenvalue weighted by Gasteiger charge is 2.15. The number of halogens is 1. The quantitative estimate of drug-likeness (QED) is 0.267. The van der Waals surface area contributed by atoms with Crippen LogP contribution in [0.3, 0.4) is 0 Å². The van der Waals surface area contributed by atoms with E-state index in [1.807, 2.05) is 0 Å². The summed E-state index contributed by atoms with van der Waals surface area (Å²) < 4.78 is 0. The van der Waals surface area contributed by atoms with Gasteiger partial charge in [0.15, 0.2) is 0 Å².